The molecular formula is C26H25NO7. The molecule has 0 radical (unpaired) electrons. The standard InChI is InChI=1S/C26H25NO7/c1-11-2-4-12(5-3-11)15-6-7-17(28)20-16(15)9-13-8-14-10-18(29)21(25(27)33)24(32)26(14,34)23(31)19(13)22(20)30/h2-7,13-14,18,21,28-29,31,34H,8-10H2,1H3,(H2,27,33)/t13-,14+,18?,21?,26+/m1/s1. The van der Waals surface area contributed by atoms with Crippen LogP contribution in [0.4, 0.5) is 0 Å². The number of hydrogen-bond acceptors (Lipinski definition) is 7. The third-order valence-electron chi connectivity index (χ3n) is 7.64. The van der Waals surface area contributed by atoms with E-state index >= 15 is 0 Å². The third-order valence-corrected chi connectivity index (χ3v) is 7.64. The molecule has 0 aliphatic heterocycles. The lowest BCUT2D eigenvalue weighted by molar-refractivity contribution is -0.167. The molecule has 8 nitrogen and oxygen atoms in total. The molecule has 0 spiro atoms. The van der Waals surface area contributed by atoms with Crippen LogP contribution in [0.3, 0.4) is 0 Å². The zero-order valence-electron chi connectivity index (χ0n) is 18.5. The SMILES string of the molecule is Cc1ccc(-c2ccc(O)c3c2C[C@H]2C[C@H]4CC(O)C(C(N)=O)C(=O)[C@@]4(O)C(O)=C2C3=O)cc1. The summed E-state index contributed by atoms with van der Waals surface area (Å²) in [6, 6.07) is 10.9. The molecule has 176 valence electrons. The summed E-state index contributed by atoms with van der Waals surface area (Å²) in [5, 5.41) is 43.3. The molecule has 2 unspecified atom stereocenters. The Labute approximate surface area is 195 Å². The number of allylic oxidation sites excluding steroid dienone is 1. The summed E-state index contributed by atoms with van der Waals surface area (Å²) < 4.78 is 0. The minimum Gasteiger partial charge on any atom is -0.508 e. The van der Waals surface area contributed by atoms with E-state index in [2.05, 4.69) is 0 Å². The highest BCUT2D eigenvalue weighted by Crippen LogP contribution is 2.52. The lowest BCUT2D eigenvalue weighted by Crippen LogP contribution is -2.63. The van der Waals surface area contributed by atoms with Crippen LogP contribution in [0.2, 0.25) is 0 Å². The molecule has 3 aliphatic rings. The second kappa shape index (κ2) is 7.51. The van der Waals surface area contributed by atoms with Crippen LogP contribution in [-0.4, -0.2) is 49.6 Å². The number of aromatic hydroxyl groups is 1. The first-order valence-corrected chi connectivity index (χ1v) is 11.2. The van der Waals surface area contributed by atoms with E-state index in [0.717, 1.165) is 16.7 Å². The third kappa shape index (κ3) is 2.95. The first-order valence-electron chi connectivity index (χ1n) is 11.2. The number of carbonyl (C=O) groups is 3. The molecular weight excluding hydrogens is 438 g/mol. The number of phenolic OH excluding ortho intramolecular Hbond substituents is 1. The van der Waals surface area contributed by atoms with Gasteiger partial charge in [0.15, 0.2) is 17.2 Å². The maximum atomic E-state index is 13.6. The predicted octanol–water partition coefficient (Wildman–Crippen LogP) is 1.72. The van der Waals surface area contributed by atoms with E-state index in [1.165, 1.54) is 6.07 Å². The zero-order chi connectivity index (χ0) is 24.5. The minimum absolute atomic E-state index is 0.0210. The number of aliphatic hydroxyl groups excluding tert-OH is 2. The van der Waals surface area contributed by atoms with E-state index in [1.807, 2.05) is 31.2 Å². The van der Waals surface area contributed by atoms with Crippen molar-refractivity contribution in [3.8, 4) is 16.9 Å². The molecule has 3 aliphatic carbocycles. The van der Waals surface area contributed by atoms with Crippen molar-refractivity contribution in [1.82, 2.24) is 0 Å². The number of primary amides is 1. The highest BCUT2D eigenvalue weighted by molar-refractivity contribution is 6.16. The number of carbonyl (C=O) groups excluding carboxylic acids is 3. The molecule has 34 heavy (non-hydrogen) atoms. The van der Waals surface area contributed by atoms with Crippen LogP contribution in [0.15, 0.2) is 47.7 Å². The van der Waals surface area contributed by atoms with Gasteiger partial charge in [-0.15, -0.1) is 0 Å². The fourth-order valence-corrected chi connectivity index (χ4v) is 5.93. The minimum atomic E-state index is -2.50. The van der Waals surface area contributed by atoms with E-state index in [1.54, 1.807) is 6.07 Å². The molecule has 0 bridgehead atoms. The van der Waals surface area contributed by atoms with E-state index < -0.39 is 52.7 Å². The van der Waals surface area contributed by atoms with Gasteiger partial charge in [-0.2, -0.15) is 0 Å². The molecule has 5 rings (SSSR count). The van der Waals surface area contributed by atoms with Crippen molar-refractivity contribution in [3.63, 3.8) is 0 Å². The van der Waals surface area contributed by atoms with Gasteiger partial charge in [-0.3, -0.25) is 14.4 Å². The van der Waals surface area contributed by atoms with Crippen molar-refractivity contribution in [2.24, 2.45) is 23.5 Å². The van der Waals surface area contributed by atoms with Gasteiger partial charge < -0.3 is 26.2 Å². The first-order chi connectivity index (χ1) is 16.1. The molecule has 0 aromatic heterocycles. The number of aryl methyl sites for hydroxylation is 1. The quantitative estimate of drug-likeness (QED) is 0.424. The van der Waals surface area contributed by atoms with Crippen LogP contribution in [0.5, 0.6) is 5.75 Å². The summed E-state index contributed by atoms with van der Waals surface area (Å²) in [6.07, 6.45) is -1.09. The second-order valence-electron chi connectivity index (χ2n) is 9.59. The number of ketones is 2. The van der Waals surface area contributed by atoms with Gasteiger partial charge in [0.2, 0.25) is 5.91 Å². The number of phenols is 1. The van der Waals surface area contributed by atoms with Gasteiger partial charge in [0.05, 0.1) is 11.7 Å². The molecule has 8 heteroatoms. The number of aliphatic hydroxyl groups is 3. The normalized spacial score (nSPS) is 30.4. The van der Waals surface area contributed by atoms with Gasteiger partial charge in [0.25, 0.3) is 0 Å². The predicted molar refractivity (Wildman–Crippen MR) is 121 cm³/mol. The van der Waals surface area contributed by atoms with E-state index in [4.69, 9.17) is 5.73 Å². The summed E-state index contributed by atoms with van der Waals surface area (Å²) in [4.78, 5) is 38.4. The molecule has 2 aromatic rings. The van der Waals surface area contributed by atoms with Gasteiger partial charge in [0.1, 0.15) is 17.4 Å². The number of rotatable bonds is 2. The Morgan fingerprint density at radius 3 is 2.38 bits per heavy atom. The fourth-order valence-electron chi connectivity index (χ4n) is 5.93. The van der Waals surface area contributed by atoms with Crippen molar-refractivity contribution >= 4 is 17.5 Å². The number of amides is 1. The number of hydrogen-bond donors (Lipinski definition) is 5. The Balaban J connectivity index is 1.67. The Morgan fingerprint density at radius 2 is 1.74 bits per heavy atom. The number of Topliss-reactive ketones (excluding diaryl/α,β-unsaturated/α-hetero) is 2. The summed E-state index contributed by atoms with van der Waals surface area (Å²) >= 11 is 0. The molecule has 0 heterocycles. The van der Waals surface area contributed by atoms with Crippen molar-refractivity contribution in [1.29, 1.82) is 0 Å². The van der Waals surface area contributed by atoms with Crippen LogP contribution in [0.25, 0.3) is 11.1 Å². The molecule has 1 saturated carbocycles. The largest absolute Gasteiger partial charge is 0.508 e. The van der Waals surface area contributed by atoms with Gasteiger partial charge >= 0.3 is 0 Å². The number of nitrogens with two attached hydrogens (primary N) is 1. The van der Waals surface area contributed by atoms with Crippen LogP contribution in [0.1, 0.15) is 34.3 Å². The highest BCUT2D eigenvalue weighted by atomic mass is 16.3. The zero-order valence-corrected chi connectivity index (χ0v) is 18.5. The lowest BCUT2D eigenvalue weighted by atomic mass is 9.57. The Kier molecular flexibility index (Phi) is 4.93. The van der Waals surface area contributed by atoms with Crippen LogP contribution >= 0.6 is 0 Å². The molecule has 6 N–H and O–H groups in total. The molecule has 1 fully saturated rings. The molecule has 1 amide bonds. The van der Waals surface area contributed by atoms with E-state index in [0.29, 0.717) is 5.56 Å². The number of benzene rings is 2. The summed E-state index contributed by atoms with van der Waals surface area (Å²) in [5.74, 6) is -7.08. The van der Waals surface area contributed by atoms with Crippen molar-refractivity contribution in [2.75, 3.05) is 0 Å². The summed E-state index contributed by atoms with van der Waals surface area (Å²) in [7, 11) is 0. The van der Waals surface area contributed by atoms with E-state index in [9.17, 15) is 34.8 Å². The summed E-state index contributed by atoms with van der Waals surface area (Å²) in [6.45, 7) is 1.96. The topological polar surface area (TPSA) is 158 Å². The second-order valence-corrected chi connectivity index (χ2v) is 9.59. The molecule has 5 atom stereocenters. The average Bonchev–Trinajstić information content (AvgIpc) is 2.77. The lowest BCUT2D eigenvalue weighted by Gasteiger charge is -2.48. The monoisotopic (exact) mass is 463 g/mol. The fraction of sp³-hybridized carbons (Fsp3) is 0.346. The van der Waals surface area contributed by atoms with E-state index in [-0.39, 0.29) is 36.1 Å². The summed E-state index contributed by atoms with van der Waals surface area (Å²) in [5.41, 5.74) is 5.98. The van der Waals surface area contributed by atoms with Gasteiger partial charge in [-0.25, -0.2) is 0 Å². The number of fused-ring (bicyclic) bond motifs is 3. The Bertz CT molecular complexity index is 1280. The Morgan fingerprint density at radius 1 is 1.06 bits per heavy atom. The van der Waals surface area contributed by atoms with Crippen molar-refractivity contribution in [2.45, 2.75) is 37.9 Å². The van der Waals surface area contributed by atoms with Gasteiger partial charge in [-0.05, 0) is 54.9 Å². The highest BCUT2D eigenvalue weighted by Gasteiger charge is 2.62. The maximum Gasteiger partial charge on any atom is 0.230 e. The van der Waals surface area contributed by atoms with Crippen LogP contribution in [-0.2, 0) is 16.0 Å². The van der Waals surface area contributed by atoms with Crippen LogP contribution in [0, 0.1) is 24.7 Å². The van der Waals surface area contributed by atoms with Gasteiger partial charge in [-0.1, -0.05) is 35.9 Å². The van der Waals surface area contributed by atoms with Gasteiger partial charge in [0, 0.05) is 11.5 Å². The first kappa shape index (κ1) is 22.3. The van der Waals surface area contributed by atoms with Crippen molar-refractivity contribution in [3.05, 3.63) is 64.4 Å². The average molecular weight is 463 g/mol. The smallest absolute Gasteiger partial charge is 0.230 e. The van der Waals surface area contributed by atoms with Crippen LogP contribution < -0.4 is 5.73 Å². The molecule has 2 aromatic carbocycles. The molecule has 0 saturated heterocycles. The maximum absolute atomic E-state index is 13.6. The van der Waals surface area contributed by atoms with Crippen molar-refractivity contribution < 1.29 is 34.8 Å². The Hall–Kier alpha value is -3.49.